The fraction of sp³-hybridized carbons (Fsp3) is 0.889. The molecule has 1 amide bonds. The van der Waals surface area contributed by atoms with Crippen LogP contribution in [0.15, 0.2) is 0 Å². The van der Waals surface area contributed by atoms with E-state index in [9.17, 15) is 4.79 Å². The van der Waals surface area contributed by atoms with Crippen LogP contribution < -0.4 is 5.32 Å². The molecule has 2 N–H and O–H groups in total. The van der Waals surface area contributed by atoms with Crippen molar-refractivity contribution in [3.63, 3.8) is 0 Å². The zero-order valence-electron chi connectivity index (χ0n) is 8.29. The molecule has 0 aromatic heterocycles. The van der Waals surface area contributed by atoms with Crippen LogP contribution in [0.5, 0.6) is 0 Å². The molecule has 76 valence electrons. The van der Waals surface area contributed by atoms with Crippen LogP contribution in [0.4, 0.5) is 0 Å². The van der Waals surface area contributed by atoms with Gasteiger partial charge in [0.2, 0.25) is 0 Å². The van der Waals surface area contributed by atoms with Crippen molar-refractivity contribution in [3.05, 3.63) is 0 Å². The summed E-state index contributed by atoms with van der Waals surface area (Å²) >= 11 is 0. The van der Waals surface area contributed by atoms with Crippen molar-refractivity contribution in [2.75, 3.05) is 20.1 Å². The van der Waals surface area contributed by atoms with E-state index >= 15 is 0 Å². The number of hydrogen-bond donors (Lipinski definition) is 2. The molecule has 1 rings (SSSR count). The molecule has 1 heterocycles. The van der Waals surface area contributed by atoms with Gasteiger partial charge in [-0.1, -0.05) is 0 Å². The Labute approximate surface area is 78.9 Å². The summed E-state index contributed by atoms with van der Waals surface area (Å²) < 4.78 is 0. The zero-order valence-corrected chi connectivity index (χ0v) is 8.29. The lowest BCUT2D eigenvalue weighted by Gasteiger charge is -2.32. The minimum atomic E-state index is -0.855. The highest BCUT2D eigenvalue weighted by molar-refractivity contribution is 5.80. The molecular formula is C9H18N2O2. The molecule has 0 spiro atoms. The van der Waals surface area contributed by atoms with Crippen molar-refractivity contribution in [2.45, 2.75) is 31.9 Å². The average molecular weight is 186 g/mol. The number of rotatable bonds is 2. The molecule has 1 aliphatic heterocycles. The summed E-state index contributed by atoms with van der Waals surface area (Å²) in [5.74, 6) is -0.144. The second-order valence-corrected chi connectivity index (χ2v) is 3.56. The monoisotopic (exact) mass is 186 g/mol. The van der Waals surface area contributed by atoms with E-state index in [-0.39, 0.29) is 5.91 Å². The SMILES string of the molecule is CNC1CCN(C(=O)[C@H](C)O)CC1. The second kappa shape index (κ2) is 4.58. The summed E-state index contributed by atoms with van der Waals surface area (Å²) in [7, 11) is 1.94. The molecule has 0 aliphatic carbocycles. The summed E-state index contributed by atoms with van der Waals surface area (Å²) in [4.78, 5) is 13.1. The molecule has 0 aromatic rings. The first-order valence-corrected chi connectivity index (χ1v) is 4.79. The number of aliphatic hydroxyl groups is 1. The van der Waals surface area contributed by atoms with Gasteiger partial charge in [0.05, 0.1) is 0 Å². The Kier molecular flexibility index (Phi) is 3.69. The third kappa shape index (κ3) is 2.67. The number of hydrogen-bond acceptors (Lipinski definition) is 3. The molecule has 0 radical (unpaired) electrons. The Bertz CT molecular complexity index is 174. The Morgan fingerprint density at radius 3 is 2.46 bits per heavy atom. The van der Waals surface area contributed by atoms with Crippen molar-refractivity contribution in [1.29, 1.82) is 0 Å². The largest absolute Gasteiger partial charge is 0.384 e. The average Bonchev–Trinajstić information content (AvgIpc) is 2.17. The standard InChI is InChI=1S/C9H18N2O2/c1-7(12)9(13)11-5-3-8(10-2)4-6-11/h7-8,10,12H,3-6H2,1-2H3/t7-/m0/s1. The van der Waals surface area contributed by atoms with Crippen molar-refractivity contribution < 1.29 is 9.90 Å². The lowest BCUT2D eigenvalue weighted by atomic mass is 10.1. The predicted octanol–water partition coefficient (Wildman–Crippen LogP) is -0.422. The summed E-state index contributed by atoms with van der Waals surface area (Å²) in [6.45, 7) is 3.04. The fourth-order valence-electron chi connectivity index (χ4n) is 1.65. The number of likely N-dealkylation sites (tertiary alicyclic amines) is 1. The van der Waals surface area contributed by atoms with E-state index in [1.54, 1.807) is 4.90 Å². The van der Waals surface area contributed by atoms with E-state index in [4.69, 9.17) is 5.11 Å². The number of piperidine rings is 1. The van der Waals surface area contributed by atoms with Gasteiger partial charge in [-0.05, 0) is 26.8 Å². The zero-order chi connectivity index (χ0) is 9.84. The Morgan fingerprint density at radius 2 is 2.08 bits per heavy atom. The maximum absolute atomic E-state index is 11.3. The van der Waals surface area contributed by atoms with Gasteiger partial charge in [0, 0.05) is 19.1 Å². The first-order valence-electron chi connectivity index (χ1n) is 4.79. The number of carbonyl (C=O) groups excluding carboxylic acids is 1. The van der Waals surface area contributed by atoms with Crippen LogP contribution in [-0.4, -0.2) is 48.2 Å². The smallest absolute Gasteiger partial charge is 0.251 e. The highest BCUT2D eigenvalue weighted by Crippen LogP contribution is 2.10. The highest BCUT2D eigenvalue weighted by atomic mass is 16.3. The maximum Gasteiger partial charge on any atom is 0.251 e. The molecule has 1 atom stereocenters. The number of nitrogens with zero attached hydrogens (tertiary/aromatic N) is 1. The first-order chi connectivity index (χ1) is 6.15. The molecule has 4 nitrogen and oxygen atoms in total. The third-order valence-electron chi connectivity index (χ3n) is 2.57. The topological polar surface area (TPSA) is 52.6 Å². The molecule has 0 saturated carbocycles. The minimum Gasteiger partial charge on any atom is -0.384 e. The molecular weight excluding hydrogens is 168 g/mol. The third-order valence-corrected chi connectivity index (χ3v) is 2.57. The Hall–Kier alpha value is -0.610. The lowest BCUT2D eigenvalue weighted by molar-refractivity contribution is -0.140. The van der Waals surface area contributed by atoms with Gasteiger partial charge in [0.1, 0.15) is 6.10 Å². The second-order valence-electron chi connectivity index (χ2n) is 3.56. The molecule has 1 aliphatic rings. The minimum absolute atomic E-state index is 0.144. The first kappa shape index (κ1) is 10.5. The van der Waals surface area contributed by atoms with Crippen LogP contribution in [-0.2, 0) is 4.79 Å². The Morgan fingerprint density at radius 1 is 1.54 bits per heavy atom. The van der Waals surface area contributed by atoms with E-state index in [1.165, 1.54) is 6.92 Å². The number of nitrogens with one attached hydrogen (secondary N) is 1. The van der Waals surface area contributed by atoms with Gasteiger partial charge in [-0.15, -0.1) is 0 Å². The van der Waals surface area contributed by atoms with E-state index in [0.717, 1.165) is 25.9 Å². The summed E-state index contributed by atoms with van der Waals surface area (Å²) in [6, 6.07) is 0.526. The molecule has 0 bridgehead atoms. The molecule has 4 heteroatoms. The normalized spacial score (nSPS) is 21.6. The van der Waals surface area contributed by atoms with Gasteiger partial charge in [-0.3, -0.25) is 4.79 Å². The van der Waals surface area contributed by atoms with Crippen molar-refractivity contribution in [1.82, 2.24) is 10.2 Å². The van der Waals surface area contributed by atoms with Gasteiger partial charge >= 0.3 is 0 Å². The van der Waals surface area contributed by atoms with E-state index in [0.29, 0.717) is 6.04 Å². The van der Waals surface area contributed by atoms with Crippen LogP contribution in [0.25, 0.3) is 0 Å². The summed E-state index contributed by atoms with van der Waals surface area (Å²) in [5.41, 5.74) is 0. The summed E-state index contributed by atoms with van der Waals surface area (Å²) in [6.07, 6.45) is 1.11. The molecule has 0 aromatic carbocycles. The Balaban J connectivity index is 2.36. The van der Waals surface area contributed by atoms with Crippen molar-refractivity contribution in [3.8, 4) is 0 Å². The lowest BCUT2D eigenvalue weighted by Crippen LogP contribution is -2.46. The fourth-order valence-corrected chi connectivity index (χ4v) is 1.65. The maximum atomic E-state index is 11.3. The number of carbonyl (C=O) groups is 1. The van der Waals surface area contributed by atoms with E-state index in [2.05, 4.69) is 5.32 Å². The van der Waals surface area contributed by atoms with E-state index in [1.807, 2.05) is 7.05 Å². The molecule has 1 saturated heterocycles. The summed E-state index contributed by atoms with van der Waals surface area (Å²) in [5, 5.41) is 12.3. The molecule has 13 heavy (non-hydrogen) atoms. The van der Waals surface area contributed by atoms with Gasteiger partial charge in [0.25, 0.3) is 5.91 Å². The van der Waals surface area contributed by atoms with Crippen LogP contribution in [0.2, 0.25) is 0 Å². The predicted molar refractivity (Wildman–Crippen MR) is 50.3 cm³/mol. The van der Waals surface area contributed by atoms with Crippen LogP contribution in [0, 0.1) is 0 Å². The van der Waals surface area contributed by atoms with Gasteiger partial charge in [-0.25, -0.2) is 0 Å². The van der Waals surface area contributed by atoms with Gasteiger partial charge < -0.3 is 15.3 Å². The molecule has 1 fully saturated rings. The van der Waals surface area contributed by atoms with Crippen LogP contribution in [0.1, 0.15) is 19.8 Å². The molecule has 0 unspecified atom stereocenters. The van der Waals surface area contributed by atoms with Crippen LogP contribution in [0.3, 0.4) is 0 Å². The number of aliphatic hydroxyl groups excluding tert-OH is 1. The van der Waals surface area contributed by atoms with Gasteiger partial charge in [0.15, 0.2) is 0 Å². The van der Waals surface area contributed by atoms with Crippen LogP contribution >= 0.6 is 0 Å². The quantitative estimate of drug-likeness (QED) is 0.615. The van der Waals surface area contributed by atoms with Crippen molar-refractivity contribution in [2.24, 2.45) is 0 Å². The number of amides is 1. The highest BCUT2D eigenvalue weighted by Gasteiger charge is 2.23. The van der Waals surface area contributed by atoms with Crippen molar-refractivity contribution >= 4 is 5.91 Å². The van der Waals surface area contributed by atoms with E-state index < -0.39 is 6.10 Å². The van der Waals surface area contributed by atoms with Gasteiger partial charge in [-0.2, -0.15) is 0 Å².